The molecule has 2 aliphatic heterocycles. The first kappa shape index (κ1) is 23.9. The molecule has 0 aromatic heterocycles. The van der Waals surface area contributed by atoms with E-state index in [9.17, 15) is 14.4 Å². The highest BCUT2D eigenvalue weighted by molar-refractivity contribution is 5.88. The van der Waals surface area contributed by atoms with Gasteiger partial charge in [0.1, 0.15) is 6.61 Å². The summed E-state index contributed by atoms with van der Waals surface area (Å²) in [5.74, 6) is -0.262. The van der Waals surface area contributed by atoms with E-state index in [-0.39, 0.29) is 43.0 Å². The molecule has 0 radical (unpaired) electrons. The lowest BCUT2D eigenvalue weighted by Gasteiger charge is -2.38. The Morgan fingerprint density at radius 3 is 2.39 bits per heavy atom. The lowest BCUT2D eigenvalue weighted by Crippen LogP contribution is -2.51. The molecule has 2 saturated heterocycles. The Hall–Kier alpha value is -3.87. The van der Waals surface area contributed by atoms with Crippen molar-refractivity contribution in [2.45, 2.75) is 37.8 Å². The van der Waals surface area contributed by atoms with E-state index < -0.39 is 0 Å². The summed E-state index contributed by atoms with van der Waals surface area (Å²) in [6, 6.07) is 24.2. The molecule has 1 unspecified atom stereocenters. The molecule has 3 aromatic carbocycles. The van der Waals surface area contributed by atoms with Gasteiger partial charge in [0.15, 0.2) is 0 Å². The summed E-state index contributed by atoms with van der Waals surface area (Å²) in [7, 11) is 0. The highest BCUT2D eigenvalue weighted by Crippen LogP contribution is 2.26. The van der Waals surface area contributed by atoms with Crippen LogP contribution in [0.3, 0.4) is 0 Å². The Kier molecular flexibility index (Phi) is 7.16. The number of amides is 3. The number of hydrogen-bond donors (Lipinski definition) is 1. The van der Waals surface area contributed by atoms with E-state index in [1.807, 2.05) is 65.6 Å². The second-order valence-corrected chi connectivity index (χ2v) is 9.57. The van der Waals surface area contributed by atoms with Gasteiger partial charge in [-0.05, 0) is 41.2 Å². The molecule has 36 heavy (non-hydrogen) atoms. The molecule has 186 valence electrons. The third-order valence-electron chi connectivity index (χ3n) is 7.14. The summed E-state index contributed by atoms with van der Waals surface area (Å²) in [6.45, 7) is 1.51. The number of piperidine rings is 1. The molecule has 7 nitrogen and oxygen atoms in total. The van der Waals surface area contributed by atoms with Crippen LogP contribution in [-0.4, -0.2) is 66.0 Å². The summed E-state index contributed by atoms with van der Waals surface area (Å²) in [5, 5.41) is 4.99. The molecule has 2 aliphatic rings. The van der Waals surface area contributed by atoms with Gasteiger partial charge in [-0.2, -0.15) is 0 Å². The normalized spacial score (nSPS) is 18.3. The molecular formula is C29H31N3O4. The van der Waals surface area contributed by atoms with Crippen molar-refractivity contribution in [3.8, 4) is 0 Å². The fraction of sp³-hybridized carbons (Fsp3) is 0.345. The lowest BCUT2D eigenvalue weighted by atomic mass is 9.99. The van der Waals surface area contributed by atoms with Crippen molar-refractivity contribution in [1.29, 1.82) is 0 Å². The van der Waals surface area contributed by atoms with Crippen LogP contribution in [-0.2, 0) is 27.2 Å². The van der Waals surface area contributed by atoms with Gasteiger partial charge in [0.05, 0.1) is 19.0 Å². The van der Waals surface area contributed by atoms with Crippen LogP contribution in [0.15, 0.2) is 72.8 Å². The zero-order valence-corrected chi connectivity index (χ0v) is 20.3. The minimum Gasteiger partial charge on any atom is -0.447 e. The maximum Gasteiger partial charge on any atom is 0.410 e. The van der Waals surface area contributed by atoms with Crippen LogP contribution in [0, 0.1) is 0 Å². The van der Waals surface area contributed by atoms with E-state index in [0.717, 1.165) is 22.8 Å². The van der Waals surface area contributed by atoms with E-state index in [1.54, 1.807) is 4.90 Å². The van der Waals surface area contributed by atoms with Gasteiger partial charge < -0.3 is 15.0 Å². The first-order valence-corrected chi connectivity index (χ1v) is 12.6. The topological polar surface area (TPSA) is 79.0 Å². The number of nitrogens with zero attached hydrogens (tertiary/aromatic N) is 2. The summed E-state index contributed by atoms with van der Waals surface area (Å²) in [4.78, 5) is 41.3. The average molecular weight is 486 g/mol. The van der Waals surface area contributed by atoms with Crippen molar-refractivity contribution in [3.05, 3.63) is 83.9 Å². The van der Waals surface area contributed by atoms with Crippen molar-refractivity contribution in [1.82, 2.24) is 15.1 Å². The van der Waals surface area contributed by atoms with E-state index >= 15 is 0 Å². The minimum absolute atomic E-state index is 0.0144. The molecule has 2 heterocycles. The number of fused-ring (bicyclic) bond motifs is 1. The van der Waals surface area contributed by atoms with Crippen molar-refractivity contribution in [2.24, 2.45) is 0 Å². The average Bonchev–Trinajstić information content (AvgIpc) is 3.27. The highest BCUT2D eigenvalue weighted by atomic mass is 16.6. The Morgan fingerprint density at radius 2 is 1.61 bits per heavy atom. The van der Waals surface area contributed by atoms with Crippen LogP contribution >= 0.6 is 0 Å². The third-order valence-corrected chi connectivity index (χ3v) is 7.14. The van der Waals surface area contributed by atoms with Gasteiger partial charge in [0, 0.05) is 19.1 Å². The predicted octanol–water partition coefficient (Wildman–Crippen LogP) is 3.55. The molecule has 0 spiro atoms. The Labute approximate surface area is 211 Å². The quantitative estimate of drug-likeness (QED) is 0.555. The molecule has 3 amide bonds. The monoisotopic (exact) mass is 485 g/mol. The van der Waals surface area contributed by atoms with Gasteiger partial charge in [-0.3, -0.25) is 14.5 Å². The number of carbonyl (C=O) groups is 3. The maximum atomic E-state index is 12.7. The van der Waals surface area contributed by atoms with Crippen molar-refractivity contribution >= 4 is 28.7 Å². The van der Waals surface area contributed by atoms with Gasteiger partial charge in [-0.15, -0.1) is 0 Å². The molecule has 7 heteroatoms. The number of likely N-dealkylation sites (tertiary alicyclic amines) is 1. The number of nitrogens with one attached hydrogen (secondary N) is 1. The zero-order valence-electron chi connectivity index (χ0n) is 20.3. The Bertz CT molecular complexity index is 1240. The Balaban J connectivity index is 1.09. The molecule has 0 saturated carbocycles. The zero-order chi connectivity index (χ0) is 24.9. The van der Waals surface area contributed by atoms with Gasteiger partial charge in [-0.1, -0.05) is 72.8 Å². The van der Waals surface area contributed by atoms with Crippen LogP contribution in [0.2, 0.25) is 0 Å². The first-order chi connectivity index (χ1) is 17.6. The molecule has 3 aromatic rings. The molecule has 0 aliphatic carbocycles. The minimum atomic E-state index is -0.262. The molecule has 1 N–H and O–H groups in total. The van der Waals surface area contributed by atoms with E-state index in [0.29, 0.717) is 32.5 Å². The first-order valence-electron chi connectivity index (χ1n) is 12.6. The van der Waals surface area contributed by atoms with Crippen LogP contribution in [0.1, 0.15) is 24.0 Å². The van der Waals surface area contributed by atoms with Gasteiger partial charge in [0.2, 0.25) is 11.8 Å². The lowest BCUT2D eigenvalue weighted by molar-refractivity contribution is -0.134. The number of rotatable bonds is 7. The SMILES string of the molecule is O=C(Cc1ccc2ccccc2c1)NCC(=O)N1CCC(N2C(=O)OCC2Cc2ccccc2)CC1. The molecule has 5 rings (SSSR count). The van der Waals surface area contributed by atoms with Crippen LogP contribution in [0.25, 0.3) is 10.8 Å². The van der Waals surface area contributed by atoms with E-state index in [1.165, 1.54) is 5.56 Å². The third kappa shape index (κ3) is 5.51. The fourth-order valence-corrected chi connectivity index (χ4v) is 5.24. The van der Waals surface area contributed by atoms with Crippen LogP contribution < -0.4 is 5.32 Å². The van der Waals surface area contributed by atoms with Gasteiger partial charge in [0.25, 0.3) is 0 Å². The summed E-state index contributed by atoms with van der Waals surface area (Å²) in [6.07, 6.45) is 2.14. The fourth-order valence-electron chi connectivity index (χ4n) is 5.24. The largest absolute Gasteiger partial charge is 0.447 e. The number of hydrogen-bond acceptors (Lipinski definition) is 4. The van der Waals surface area contributed by atoms with Crippen LogP contribution in [0.5, 0.6) is 0 Å². The molecule has 0 bridgehead atoms. The predicted molar refractivity (Wildman–Crippen MR) is 137 cm³/mol. The van der Waals surface area contributed by atoms with Crippen LogP contribution in [0.4, 0.5) is 4.79 Å². The standard InChI is InChI=1S/C29H31N3O4/c33-27(18-22-10-11-23-8-4-5-9-24(23)16-22)30-19-28(34)31-14-12-25(13-15-31)32-26(20-36-29(32)35)17-21-6-2-1-3-7-21/h1-11,16,25-26H,12-15,17-20H2,(H,30,33). The Morgan fingerprint density at radius 1 is 0.889 bits per heavy atom. The maximum absolute atomic E-state index is 12.7. The molecular weight excluding hydrogens is 454 g/mol. The van der Waals surface area contributed by atoms with Crippen molar-refractivity contribution < 1.29 is 19.1 Å². The van der Waals surface area contributed by atoms with E-state index in [4.69, 9.17) is 4.74 Å². The van der Waals surface area contributed by atoms with Crippen molar-refractivity contribution in [2.75, 3.05) is 26.2 Å². The second-order valence-electron chi connectivity index (χ2n) is 9.57. The number of cyclic esters (lactones) is 1. The number of ether oxygens (including phenoxy) is 1. The number of benzene rings is 3. The molecule has 2 fully saturated rings. The summed E-state index contributed by atoms with van der Waals surface area (Å²) < 4.78 is 5.37. The van der Waals surface area contributed by atoms with Crippen molar-refractivity contribution in [3.63, 3.8) is 0 Å². The summed E-state index contributed by atoms with van der Waals surface area (Å²) >= 11 is 0. The van der Waals surface area contributed by atoms with E-state index in [2.05, 4.69) is 17.4 Å². The smallest absolute Gasteiger partial charge is 0.410 e. The number of carbonyl (C=O) groups excluding carboxylic acids is 3. The van der Waals surface area contributed by atoms with Gasteiger partial charge >= 0.3 is 6.09 Å². The summed E-state index contributed by atoms with van der Waals surface area (Å²) in [5.41, 5.74) is 2.10. The molecule has 1 atom stereocenters. The second kappa shape index (κ2) is 10.8. The van der Waals surface area contributed by atoms with Gasteiger partial charge in [-0.25, -0.2) is 4.79 Å². The highest BCUT2D eigenvalue weighted by Gasteiger charge is 2.39.